The second-order valence-electron chi connectivity index (χ2n) is 9.57. The number of aromatic nitrogens is 4. The summed E-state index contributed by atoms with van der Waals surface area (Å²) in [5, 5.41) is 5.30. The van der Waals surface area contributed by atoms with Gasteiger partial charge in [-0.05, 0) is 50.1 Å². The number of pyridine rings is 2. The Bertz CT molecular complexity index is 1410. The third-order valence-corrected chi connectivity index (χ3v) is 7.27. The van der Waals surface area contributed by atoms with Crippen LogP contribution in [0.25, 0.3) is 27.7 Å². The van der Waals surface area contributed by atoms with E-state index >= 15 is 0 Å². The van der Waals surface area contributed by atoms with E-state index in [2.05, 4.69) is 27.0 Å². The van der Waals surface area contributed by atoms with Gasteiger partial charge in [0.2, 0.25) is 0 Å². The van der Waals surface area contributed by atoms with Gasteiger partial charge in [-0.25, -0.2) is 9.50 Å². The molecule has 9 nitrogen and oxygen atoms in total. The van der Waals surface area contributed by atoms with Gasteiger partial charge in [0, 0.05) is 68.8 Å². The SMILES string of the molecule is CN1CCN(C(=O)c2cnc3[nH]cc(-c4ccn5ncc(C(=O)N6CCCCC6)c5c4)c3c2)CC1. The maximum Gasteiger partial charge on any atom is 0.257 e. The lowest BCUT2D eigenvalue weighted by Gasteiger charge is -2.32. The molecule has 2 aliphatic rings. The number of rotatable bonds is 3. The summed E-state index contributed by atoms with van der Waals surface area (Å²) in [6, 6.07) is 5.91. The van der Waals surface area contributed by atoms with E-state index in [4.69, 9.17) is 0 Å². The molecule has 35 heavy (non-hydrogen) atoms. The Hall–Kier alpha value is -3.72. The third-order valence-electron chi connectivity index (χ3n) is 7.27. The van der Waals surface area contributed by atoms with Gasteiger partial charge in [0.25, 0.3) is 11.8 Å². The van der Waals surface area contributed by atoms with Gasteiger partial charge in [0.1, 0.15) is 5.65 Å². The highest BCUT2D eigenvalue weighted by molar-refractivity contribution is 6.03. The van der Waals surface area contributed by atoms with E-state index in [0.717, 1.165) is 79.8 Å². The molecule has 9 heteroatoms. The van der Waals surface area contributed by atoms with E-state index in [1.807, 2.05) is 40.4 Å². The molecule has 180 valence electrons. The highest BCUT2D eigenvalue weighted by Crippen LogP contribution is 2.30. The lowest BCUT2D eigenvalue weighted by Crippen LogP contribution is -2.47. The van der Waals surface area contributed by atoms with Gasteiger partial charge in [0.15, 0.2) is 0 Å². The molecule has 4 aromatic rings. The first-order valence-electron chi connectivity index (χ1n) is 12.3. The fraction of sp³-hybridized carbons (Fsp3) is 0.385. The Labute approximate surface area is 203 Å². The molecule has 0 bridgehead atoms. The van der Waals surface area contributed by atoms with E-state index < -0.39 is 0 Å². The summed E-state index contributed by atoms with van der Waals surface area (Å²) in [6.07, 6.45) is 10.4. The second-order valence-corrected chi connectivity index (χ2v) is 9.57. The first kappa shape index (κ1) is 21.8. The number of hydrogen-bond donors (Lipinski definition) is 1. The van der Waals surface area contributed by atoms with Crippen molar-refractivity contribution in [1.29, 1.82) is 0 Å². The number of nitrogens with zero attached hydrogens (tertiary/aromatic N) is 6. The lowest BCUT2D eigenvalue weighted by atomic mass is 10.0. The second kappa shape index (κ2) is 8.81. The number of carbonyl (C=O) groups is 2. The quantitative estimate of drug-likeness (QED) is 0.496. The Kier molecular flexibility index (Phi) is 5.49. The van der Waals surface area contributed by atoms with Gasteiger partial charge in [-0.2, -0.15) is 5.10 Å². The zero-order valence-electron chi connectivity index (χ0n) is 19.9. The highest BCUT2D eigenvalue weighted by atomic mass is 16.2. The standard InChI is InChI=1S/C26H29N7O2/c1-30-9-11-32(12-10-30)25(34)19-13-20-21(16-28-24(20)27-15-19)18-5-8-33-23(14-18)22(17-29-33)26(35)31-6-3-2-4-7-31/h5,8,13-17H,2-4,6-7,9-12H2,1H3,(H,27,28). The summed E-state index contributed by atoms with van der Waals surface area (Å²) in [7, 11) is 2.07. The predicted molar refractivity (Wildman–Crippen MR) is 133 cm³/mol. The number of amides is 2. The van der Waals surface area contributed by atoms with E-state index in [0.29, 0.717) is 11.1 Å². The number of carbonyl (C=O) groups excluding carboxylic acids is 2. The minimum absolute atomic E-state index is 0.0142. The molecule has 2 amide bonds. The molecule has 4 aromatic heterocycles. The van der Waals surface area contributed by atoms with Crippen LogP contribution >= 0.6 is 0 Å². The number of aromatic amines is 1. The van der Waals surface area contributed by atoms with Crippen LogP contribution in [0.5, 0.6) is 0 Å². The van der Waals surface area contributed by atoms with Crippen molar-refractivity contribution in [3.63, 3.8) is 0 Å². The summed E-state index contributed by atoms with van der Waals surface area (Å²) in [6.45, 7) is 4.79. The fourth-order valence-corrected chi connectivity index (χ4v) is 5.13. The average molecular weight is 472 g/mol. The smallest absolute Gasteiger partial charge is 0.257 e. The molecule has 0 radical (unpaired) electrons. The van der Waals surface area contributed by atoms with E-state index in [-0.39, 0.29) is 11.8 Å². The van der Waals surface area contributed by atoms with Gasteiger partial charge < -0.3 is 19.7 Å². The lowest BCUT2D eigenvalue weighted by molar-refractivity contribution is 0.0663. The first-order valence-corrected chi connectivity index (χ1v) is 12.3. The van der Waals surface area contributed by atoms with Crippen LogP contribution in [-0.4, -0.2) is 92.4 Å². The summed E-state index contributed by atoms with van der Waals surface area (Å²) >= 11 is 0. The van der Waals surface area contributed by atoms with Crippen LogP contribution in [0.3, 0.4) is 0 Å². The number of fused-ring (bicyclic) bond motifs is 2. The minimum Gasteiger partial charge on any atom is -0.346 e. The summed E-state index contributed by atoms with van der Waals surface area (Å²) in [4.78, 5) is 40.1. The fourth-order valence-electron chi connectivity index (χ4n) is 5.13. The number of H-pyrrole nitrogens is 1. The zero-order chi connectivity index (χ0) is 23.9. The van der Waals surface area contributed by atoms with E-state index in [1.54, 1.807) is 16.9 Å². The largest absolute Gasteiger partial charge is 0.346 e. The van der Waals surface area contributed by atoms with Crippen molar-refractivity contribution < 1.29 is 9.59 Å². The van der Waals surface area contributed by atoms with Crippen LogP contribution in [0, 0.1) is 0 Å². The molecule has 1 N–H and O–H groups in total. The molecule has 0 aliphatic carbocycles. The van der Waals surface area contributed by atoms with Crippen molar-refractivity contribution in [2.24, 2.45) is 0 Å². The monoisotopic (exact) mass is 471 g/mol. The molecule has 6 heterocycles. The predicted octanol–water partition coefficient (Wildman–Crippen LogP) is 2.89. The van der Waals surface area contributed by atoms with Crippen LogP contribution in [0.4, 0.5) is 0 Å². The zero-order valence-corrected chi connectivity index (χ0v) is 19.9. The Morgan fingerprint density at radius 2 is 1.69 bits per heavy atom. The van der Waals surface area contributed by atoms with Crippen LogP contribution in [0.15, 0.2) is 43.0 Å². The molecule has 2 fully saturated rings. The van der Waals surface area contributed by atoms with Gasteiger partial charge >= 0.3 is 0 Å². The maximum absolute atomic E-state index is 13.2. The van der Waals surface area contributed by atoms with Crippen molar-refractivity contribution in [2.75, 3.05) is 46.3 Å². The Morgan fingerprint density at radius 3 is 2.49 bits per heavy atom. The topological polar surface area (TPSA) is 89.8 Å². The van der Waals surface area contributed by atoms with Crippen molar-refractivity contribution in [3.05, 3.63) is 54.1 Å². The average Bonchev–Trinajstić information content (AvgIpc) is 3.52. The highest BCUT2D eigenvalue weighted by Gasteiger charge is 2.23. The molecular formula is C26H29N7O2. The van der Waals surface area contributed by atoms with Crippen LogP contribution in [0.2, 0.25) is 0 Å². The number of nitrogens with one attached hydrogen (secondary N) is 1. The third kappa shape index (κ3) is 3.95. The molecule has 6 rings (SSSR count). The van der Waals surface area contributed by atoms with Crippen LogP contribution in [-0.2, 0) is 0 Å². The minimum atomic E-state index is 0.0142. The maximum atomic E-state index is 13.2. The molecule has 2 saturated heterocycles. The van der Waals surface area contributed by atoms with Crippen molar-refractivity contribution in [2.45, 2.75) is 19.3 Å². The van der Waals surface area contributed by atoms with Gasteiger partial charge in [-0.1, -0.05) is 0 Å². The Balaban J connectivity index is 1.35. The number of likely N-dealkylation sites (N-methyl/N-ethyl adjacent to an activating group) is 1. The van der Waals surface area contributed by atoms with Crippen molar-refractivity contribution in [3.8, 4) is 11.1 Å². The summed E-state index contributed by atoms with van der Waals surface area (Å²) in [5.74, 6) is 0.0535. The number of piperidine rings is 1. The molecule has 0 aromatic carbocycles. The number of piperazine rings is 1. The van der Waals surface area contributed by atoms with Gasteiger partial charge in [0.05, 0.1) is 22.8 Å². The number of hydrogen-bond acceptors (Lipinski definition) is 5. The summed E-state index contributed by atoms with van der Waals surface area (Å²) < 4.78 is 1.75. The molecular weight excluding hydrogens is 442 g/mol. The first-order chi connectivity index (χ1) is 17.1. The molecule has 0 atom stereocenters. The van der Waals surface area contributed by atoms with Crippen molar-refractivity contribution >= 4 is 28.4 Å². The molecule has 0 unspecified atom stereocenters. The summed E-state index contributed by atoms with van der Waals surface area (Å²) in [5.41, 5.74) is 4.62. The molecule has 2 aliphatic heterocycles. The van der Waals surface area contributed by atoms with E-state index in [1.165, 1.54) is 6.42 Å². The molecule has 0 spiro atoms. The normalized spacial score (nSPS) is 17.4. The Morgan fingerprint density at radius 1 is 0.914 bits per heavy atom. The van der Waals surface area contributed by atoms with Gasteiger partial charge in [-0.15, -0.1) is 0 Å². The van der Waals surface area contributed by atoms with E-state index in [9.17, 15) is 9.59 Å². The van der Waals surface area contributed by atoms with Crippen LogP contribution in [0.1, 0.15) is 40.0 Å². The van der Waals surface area contributed by atoms with Crippen molar-refractivity contribution in [1.82, 2.24) is 34.3 Å². The molecule has 0 saturated carbocycles. The number of likely N-dealkylation sites (tertiary alicyclic amines) is 1. The van der Waals surface area contributed by atoms with Crippen LogP contribution < -0.4 is 0 Å². The van der Waals surface area contributed by atoms with Gasteiger partial charge in [-0.3, -0.25) is 9.59 Å².